The first kappa shape index (κ1) is 15.7. The fourth-order valence-corrected chi connectivity index (χ4v) is 3.74. The van der Waals surface area contributed by atoms with Crippen LogP contribution in [0.2, 0.25) is 0 Å². The quantitative estimate of drug-likeness (QED) is 0.606. The average molecular weight is 325 g/mol. The first-order chi connectivity index (χ1) is 12.2. The monoisotopic (exact) mass is 325 g/mol. The summed E-state index contributed by atoms with van der Waals surface area (Å²) in [5, 5.41) is 0. The lowest BCUT2D eigenvalue weighted by molar-refractivity contribution is 0.965. The summed E-state index contributed by atoms with van der Waals surface area (Å²) in [5.41, 5.74) is 9.43. The van der Waals surface area contributed by atoms with Crippen molar-refractivity contribution in [2.45, 2.75) is 12.8 Å². The van der Waals surface area contributed by atoms with Gasteiger partial charge in [0.1, 0.15) is 0 Å². The van der Waals surface area contributed by atoms with Crippen molar-refractivity contribution in [1.82, 2.24) is 0 Å². The molecule has 1 aliphatic rings. The Labute approximate surface area is 150 Å². The summed E-state index contributed by atoms with van der Waals surface area (Å²) < 4.78 is 0. The first-order valence-corrected chi connectivity index (χ1v) is 8.88. The molecule has 0 unspecified atom stereocenters. The van der Waals surface area contributed by atoms with E-state index in [0.29, 0.717) is 0 Å². The molecule has 0 heterocycles. The van der Waals surface area contributed by atoms with E-state index in [1.165, 1.54) is 39.1 Å². The van der Waals surface area contributed by atoms with Crippen LogP contribution in [0, 0.1) is 0 Å². The molecule has 0 fully saturated rings. The molecule has 0 bridgehead atoms. The van der Waals surface area contributed by atoms with Crippen molar-refractivity contribution in [1.29, 1.82) is 0 Å². The van der Waals surface area contributed by atoms with Crippen LogP contribution in [0.15, 0.2) is 72.8 Å². The van der Waals surface area contributed by atoms with Gasteiger partial charge in [-0.15, -0.1) is 0 Å². The second-order valence-corrected chi connectivity index (χ2v) is 6.83. The van der Waals surface area contributed by atoms with E-state index in [0.717, 1.165) is 12.8 Å². The molecule has 0 aromatic heterocycles. The van der Waals surface area contributed by atoms with Gasteiger partial charge >= 0.3 is 0 Å². The number of aryl methyl sites for hydroxylation is 2. The fourth-order valence-electron chi connectivity index (χ4n) is 3.74. The molecule has 4 rings (SSSR count). The highest BCUT2D eigenvalue weighted by atomic mass is 15.1. The second-order valence-electron chi connectivity index (χ2n) is 6.83. The molecule has 0 spiro atoms. The lowest BCUT2D eigenvalue weighted by Crippen LogP contribution is -2.10. The van der Waals surface area contributed by atoms with Gasteiger partial charge in [-0.3, -0.25) is 0 Å². The van der Waals surface area contributed by atoms with Crippen LogP contribution in [0.5, 0.6) is 0 Å². The Kier molecular flexibility index (Phi) is 4.15. The molecule has 1 nitrogen and oxygen atoms in total. The van der Waals surface area contributed by atoms with E-state index >= 15 is 0 Å². The predicted molar refractivity (Wildman–Crippen MR) is 108 cm³/mol. The summed E-state index contributed by atoms with van der Waals surface area (Å²) in [6, 6.07) is 26.3. The Hall–Kier alpha value is -2.80. The first-order valence-electron chi connectivity index (χ1n) is 8.88. The fraction of sp³-hybridized carbons (Fsp3) is 0.167. The van der Waals surface area contributed by atoms with E-state index < -0.39 is 0 Å². The Bertz CT molecular complexity index is 885. The summed E-state index contributed by atoms with van der Waals surface area (Å²) in [6.07, 6.45) is 4.55. The third-order valence-electron chi connectivity index (χ3n) is 5.00. The highest BCUT2D eigenvalue weighted by molar-refractivity contribution is 5.95. The van der Waals surface area contributed by atoms with Crippen molar-refractivity contribution in [3.63, 3.8) is 0 Å². The summed E-state index contributed by atoms with van der Waals surface area (Å²) >= 11 is 0. The van der Waals surface area contributed by atoms with Crippen LogP contribution in [0.3, 0.4) is 0 Å². The van der Waals surface area contributed by atoms with E-state index in [4.69, 9.17) is 0 Å². The van der Waals surface area contributed by atoms with Crippen LogP contribution < -0.4 is 4.90 Å². The van der Waals surface area contributed by atoms with Crippen molar-refractivity contribution in [3.8, 4) is 0 Å². The lowest BCUT2D eigenvalue weighted by atomic mass is 9.92. The molecule has 0 N–H and O–H groups in total. The lowest BCUT2D eigenvalue weighted by Gasteiger charge is -2.17. The van der Waals surface area contributed by atoms with Gasteiger partial charge < -0.3 is 4.90 Å². The molecule has 0 aliphatic heterocycles. The molecular weight excluding hydrogens is 302 g/mol. The number of hydrogen-bond acceptors (Lipinski definition) is 1. The van der Waals surface area contributed by atoms with Crippen LogP contribution in [-0.4, -0.2) is 14.1 Å². The van der Waals surface area contributed by atoms with Gasteiger partial charge in [-0.05, 0) is 58.4 Å². The number of para-hydroxylation sites is 1. The third-order valence-corrected chi connectivity index (χ3v) is 5.00. The van der Waals surface area contributed by atoms with Crippen LogP contribution in [0.25, 0.3) is 11.6 Å². The minimum atomic E-state index is 1.10. The second kappa shape index (κ2) is 6.60. The van der Waals surface area contributed by atoms with Crippen LogP contribution >= 0.6 is 0 Å². The van der Waals surface area contributed by atoms with E-state index in [-0.39, 0.29) is 0 Å². The van der Waals surface area contributed by atoms with Crippen LogP contribution in [0.1, 0.15) is 27.8 Å². The molecule has 3 aromatic carbocycles. The molecule has 0 saturated carbocycles. The SMILES string of the molecule is CN(C)c1ccccc1C=C1c2ccccc2CCc2ccccc21. The minimum Gasteiger partial charge on any atom is -0.377 e. The highest BCUT2D eigenvalue weighted by Crippen LogP contribution is 2.36. The zero-order valence-electron chi connectivity index (χ0n) is 14.9. The molecule has 25 heavy (non-hydrogen) atoms. The number of benzene rings is 3. The minimum absolute atomic E-state index is 1.10. The maximum atomic E-state index is 2.36. The van der Waals surface area contributed by atoms with Gasteiger partial charge in [0.05, 0.1) is 0 Å². The van der Waals surface area contributed by atoms with Crippen molar-refractivity contribution in [2.24, 2.45) is 0 Å². The summed E-state index contributed by atoms with van der Waals surface area (Å²) in [5.74, 6) is 0. The maximum Gasteiger partial charge on any atom is 0.0434 e. The number of fused-ring (bicyclic) bond motifs is 2. The van der Waals surface area contributed by atoms with Gasteiger partial charge in [0.25, 0.3) is 0 Å². The normalized spacial score (nSPS) is 12.8. The Morgan fingerprint density at radius 2 is 1.20 bits per heavy atom. The molecule has 0 saturated heterocycles. The molecule has 0 atom stereocenters. The van der Waals surface area contributed by atoms with Gasteiger partial charge in [0, 0.05) is 19.8 Å². The molecule has 1 aliphatic carbocycles. The molecule has 3 aromatic rings. The molecule has 0 radical (unpaired) electrons. The van der Waals surface area contributed by atoms with E-state index in [1.807, 2.05) is 0 Å². The van der Waals surface area contributed by atoms with Gasteiger partial charge in [-0.25, -0.2) is 0 Å². The average Bonchev–Trinajstić information content (AvgIpc) is 2.80. The van der Waals surface area contributed by atoms with Gasteiger partial charge in [0.15, 0.2) is 0 Å². The molecule has 0 amide bonds. The predicted octanol–water partition coefficient (Wildman–Crippen LogP) is 5.44. The summed E-state index contributed by atoms with van der Waals surface area (Å²) in [7, 11) is 4.21. The Balaban J connectivity index is 1.98. The summed E-state index contributed by atoms with van der Waals surface area (Å²) in [6.45, 7) is 0. The van der Waals surface area contributed by atoms with E-state index in [2.05, 4.69) is 97.9 Å². The topological polar surface area (TPSA) is 3.24 Å². The zero-order chi connectivity index (χ0) is 17.2. The van der Waals surface area contributed by atoms with Crippen molar-refractivity contribution in [2.75, 3.05) is 19.0 Å². The van der Waals surface area contributed by atoms with Crippen molar-refractivity contribution in [3.05, 3.63) is 101 Å². The van der Waals surface area contributed by atoms with Crippen LogP contribution in [-0.2, 0) is 12.8 Å². The maximum absolute atomic E-state index is 2.36. The van der Waals surface area contributed by atoms with Gasteiger partial charge in [-0.1, -0.05) is 66.7 Å². The third kappa shape index (κ3) is 2.98. The summed E-state index contributed by atoms with van der Waals surface area (Å²) in [4.78, 5) is 2.18. The van der Waals surface area contributed by atoms with Crippen molar-refractivity contribution < 1.29 is 0 Å². The van der Waals surface area contributed by atoms with E-state index in [1.54, 1.807) is 0 Å². The van der Waals surface area contributed by atoms with E-state index in [9.17, 15) is 0 Å². The largest absolute Gasteiger partial charge is 0.377 e. The number of rotatable bonds is 2. The zero-order valence-corrected chi connectivity index (χ0v) is 14.9. The molecular formula is C24H23N. The Morgan fingerprint density at radius 3 is 1.80 bits per heavy atom. The van der Waals surface area contributed by atoms with Crippen LogP contribution in [0.4, 0.5) is 5.69 Å². The molecule has 1 heteroatoms. The van der Waals surface area contributed by atoms with Crippen molar-refractivity contribution >= 4 is 17.3 Å². The highest BCUT2D eigenvalue weighted by Gasteiger charge is 2.18. The number of nitrogens with zero attached hydrogens (tertiary/aromatic N) is 1. The number of anilines is 1. The smallest absolute Gasteiger partial charge is 0.0434 e. The number of hydrogen-bond donors (Lipinski definition) is 0. The molecule has 124 valence electrons. The Morgan fingerprint density at radius 1 is 0.680 bits per heavy atom. The standard InChI is InChI=1S/C24H23N/c1-25(2)24-14-8-5-11-20(24)17-23-21-12-6-3-9-18(21)15-16-19-10-4-7-13-22(19)23/h3-14,17H,15-16H2,1-2H3. The van der Waals surface area contributed by atoms with Gasteiger partial charge in [-0.2, -0.15) is 0 Å². The van der Waals surface area contributed by atoms with Gasteiger partial charge in [0.2, 0.25) is 0 Å².